The van der Waals surface area contributed by atoms with Gasteiger partial charge in [0.2, 0.25) is 0 Å². The molecular formula is C31H51ClN2O4. The van der Waals surface area contributed by atoms with Crippen molar-refractivity contribution in [2.75, 3.05) is 33.5 Å². The number of methoxy groups -OCH3 is 1. The first-order valence-corrected chi connectivity index (χ1v) is 14.0. The Kier molecular flexibility index (Phi) is 17.8. The van der Waals surface area contributed by atoms with Gasteiger partial charge in [0.1, 0.15) is 5.76 Å². The van der Waals surface area contributed by atoms with Gasteiger partial charge in [0.15, 0.2) is 0 Å². The topological polar surface area (TPSA) is 82.8 Å². The van der Waals surface area contributed by atoms with Gasteiger partial charge >= 0.3 is 5.97 Å². The van der Waals surface area contributed by atoms with Gasteiger partial charge in [0, 0.05) is 28.8 Å². The summed E-state index contributed by atoms with van der Waals surface area (Å²) < 4.78 is 16.4. The molecule has 0 aliphatic carbocycles. The van der Waals surface area contributed by atoms with Gasteiger partial charge in [-0.3, -0.25) is 0 Å². The van der Waals surface area contributed by atoms with Gasteiger partial charge in [0.05, 0.1) is 38.2 Å². The maximum absolute atomic E-state index is 13.0. The summed E-state index contributed by atoms with van der Waals surface area (Å²) in [7, 11) is 1.54. The van der Waals surface area contributed by atoms with Gasteiger partial charge in [-0.25, -0.2) is 4.79 Å². The summed E-state index contributed by atoms with van der Waals surface area (Å²) in [5.74, 6) is -0.503. The van der Waals surface area contributed by atoms with Crippen molar-refractivity contribution in [3.8, 4) is 0 Å². The molecule has 1 aliphatic rings. The van der Waals surface area contributed by atoms with E-state index < -0.39 is 11.9 Å². The van der Waals surface area contributed by atoms with Crippen molar-refractivity contribution in [3.05, 3.63) is 69.7 Å². The molecule has 1 aromatic carbocycles. The molecule has 3 N–H and O–H groups in total. The van der Waals surface area contributed by atoms with E-state index in [-0.39, 0.29) is 13.2 Å². The number of rotatable bonds is 11. The summed E-state index contributed by atoms with van der Waals surface area (Å²) >= 11 is 6.50. The Morgan fingerprint density at radius 2 is 1.79 bits per heavy atom. The maximum Gasteiger partial charge on any atom is 0.336 e. The van der Waals surface area contributed by atoms with Crippen molar-refractivity contribution in [2.45, 2.75) is 80.6 Å². The minimum absolute atomic E-state index is 0.191. The van der Waals surface area contributed by atoms with Crippen molar-refractivity contribution in [1.82, 2.24) is 5.32 Å². The molecule has 1 aromatic rings. The zero-order valence-corrected chi connectivity index (χ0v) is 25.9. The molecule has 2 rings (SSSR count). The van der Waals surface area contributed by atoms with Crippen LogP contribution in [0.3, 0.4) is 0 Å². The van der Waals surface area contributed by atoms with Crippen molar-refractivity contribution >= 4 is 17.6 Å². The van der Waals surface area contributed by atoms with Crippen molar-refractivity contribution in [3.63, 3.8) is 0 Å². The smallest absolute Gasteiger partial charge is 0.336 e. The lowest BCUT2D eigenvalue weighted by atomic mass is 9.79. The number of dihydropyridines is 1. The SMILES string of the molecule is C=C(OC)C1=C(C)NC(COCCN)=C(C(=O)OCC)C1c1ccccc1Cl.CC.CCCCC(C)(C)C. The number of carbonyl (C=O) groups is 1. The molecule has 0 aromatic heterocycles. The number of hydrogen-bond acceptors (Lipinski definition) is 6. The maximum atomic E-state index is 13.0. The number of ether oxygens (including phenoxy) is 3. The minimum atomic E-state index is -0.502. The van der Waals surface area contributed by atoms with E-state index in [1.807, 2.05) is 39.0 Å². The highest BCUT2D eigenvalue weighted by Crippen LogP contribution is 2.43. The lowest BCUT2D eigenvalue weighted by molar-refractivity contribution is -0.139. The molecule has 0 fully saturated rings. The number of unbranched alkanes of at least 4 members (excludes halogenated alkanes) is 1. The second-order valence-corrected chi connectivity index (χ2v) is 10.3. The number of nitrogens with one attached hydrogen (secondary N) is 1. The lowest BCUT2D eigenvalue weighted by Gasteiger charge is -2.33. The summed E-state index contributed by atoms with van der Waals surface area (Å²) in [5, 5.41) is 3.79. The molecule has 6 nitrogen and oxygen atoms in total. The Morgan fingerprint density at radius 1 is 1.16 bits per heavy atom. The summed E-state index contributed by atoms with van der Waals surface area (Å²) in [6.45, 7) is 22.0. The number of hydrogen-bond donors (Lipinski definition) is 2. The van der Waals surface area contributed by atoms with E-state index in [4.69, 9.17) is 31.5 Å². The first-order valence-electron chi connectivity index (χ1n) is 13.7. The predicted molar refractivity (Wildman–Crippen MR) is 160 cm³/mol. The molecule has 216 valence electrons. The van der Waals surface area contributed by atoms with E-state index >= 15 is 0 Å². The minimum Gasteiger partial charge on any atom is -0.497 e. The van der Waals surface area contributed by atoms with Crippen LogP contribution in [0, 0.1) is 5.41 Å². The van der Waals surface area contributed by atoms with Crippen LogP contribution in [0.25, 0.3) is 0 Å². The quantitative estimate of drug-likeness (QED) is 0.168. The highest BCUT2D eigenvalue weighted by molar-refractivity contribution is 6.31. The van der Waals surface area contributed by atoms with Crippen LogP contribution in [0.2, 0.25) is 5.02 Å². The van der Waals surface area contributed by atoms with Crippen LogP contribution >= 0.6 is 11.6 Å². The van der Waals surface area contributed by atoms with Crippen LogP contribution < -0.4 is 11.1 Å². The Hall–Kier alpha value is -2.28. The molecule has 0 saturated heterocycles. The fraction of sp³-hybridized carbons (Fsp3) is 0.581. The number of esters is 1. The van der Waals surface area contributed by atoms with Gasteiger partial charge < -0.3 is 25.3 Å². The second-order valence-electron chi connectivity index (χ2n) is 9.86. The number of halogens is 1. The standard InChI is InChI=1S/C21H27ClN2O4.C8H18.C2H6/c1-5-28-21(25)20-17(12-27-11-10-23)24-13(2)18(14(3)26-4)19(20)15-8-6-7-9-16(15)22;1-5-6-7-8(2,3)4;1-2/h6-9,19,24H,3,5,10-12,23H2,1-2,4H3;5-7H2,1-4H3;1-2H3. The Balaban J connectivity index is 0.00000117. The van der Waals surface area contributed by atoms with Gasteiger partial charge in [0.25, 0.3) is 0 Å². The molecule has 7 heteroatoms. The second kappa shape index (κ2) is 18.9. The predicted octanol–water partition coefficient (Wildman–Crippen LogP) is 7.50. The number of benzene rings is 1. The highest BCUT2D eigenvalue weighted by Gasteiger charge is 2.37. The fourth-order valence-corrected chi connectivity index (χ4v) is 4.17. The first-order chi connectivity index (χ1) is 18.0. The summed E-state index contributed by atoms with van der Waals surface area (Å²) in [6, 6.07) is 7.38. The van der Waals surface area contributed by atoms with E-state index in [1.54, 1.807) is 20.1 Å². The Labute approximate surface area is 236 Å². The Bertz CT molecular complexity index is 932. The molecule has 1 atom stereocenters. The molecule has 0 spiro atoms. The molecule has 38 heavy (non-hydrogen) atoms. The molecular weight excluding hydrogens is 500 g/mol. The number of allylic oxidation sites excluding steroid dienone is 2. The summed E-state index contributed by atoms with van der Waals surface area (Å²) in [5.41, 5.74) is 9.41. The molecule has 1 aliphatic heterocycles. The van der Waals surface area contributed by atoms with Crippen LogP contribution in [0.15, 0.2) is 59.1 Å². The van der Waals surface area contributed by atoms with E-state index in [9.17, 15) is 4.79 Å². The summed E-state index contributed by atoms with van der Waals surface area (Å²) in [6.07, 6.45) is 4.07. The molecule has 0 amide bonds. The zero-order valence-electron chi connectivity index (χ0n) is 25.1. The van der Waals surface area contributed by atoms with Gasteiger partial charge in [-0.15, -0.1) is 0 Å². The van der Waals surface area contributed by atoms with Gasteiger partial charge in [-0.2, -0.15) is 0 Å². The highest BCUT2D eigenvalue weighted by atomic mass is 35.5. The van der Waals surface area contributed by atoms with Gasteiger partial charge in [-0.1, -0.05) is 90.8 Å². The third-order valence-electron chi connectivity index (χ3n) is 5.69. The van der Waals surface area contributed by atoms with Crippen molar-refractivity contribution in [1.29, 1.82) is 0 Å². The van der Waals surface area contributed by atoms with Crippen LogP contribution in [0.4, 0.5) is 0 Å². The van der Waals surface area contributed by atoms with Crippen LogP contribution in [0.5, 0.6) is 0 Å². The van der Waals surface area contributed by atoms with Crippen LogP contribution in [0.1, 0.15) is 86.1 Å². The van der Waals surface area contributed by atoms with Gasteiger partial charge in [-0.05, 0) is 37.3 Å². The first kappa shape index (κ1) is 35.7. The van der Waals surface area contributed by atoms with E-state index in [0.717, 1.165) is 16.8 Å². The third kappa shape index (κ3) is 11.6. The normalized spacial score (nSPS) is 15.0. The van der Waals surface area contributed by atoms with Crippen molar-refractivity contribution in [2.24, 2.45) is 11.1 Å². The average Bonchev–Trinajstić information content (AvgIpc) is 2.88. The van der Waals surface area contributed by atoms with Crippen LogP contribution in [-0.4, -0.2) is 39.4 Å². The molecule has 1 unspecified atom stereocenters. The third-order valence-corrected chi connectivity index (χ3v) is 6.04. The molecule has 1 heterocycles. The van der Waals surface area contributed by atoms with E-state index in [1.165, 1.54) is 19.3 Å². The number of carbonyl (C=O) groups excluding carboxylic acids is 1. The molecule has 0 bridgehead atoms. The van der Waals surface area contributed by atoms with Crippen LogP contribution in [-0.2, 0) is 19.0 Å². The van der Waals surface area contributed by atoms with E-state index in [2.05, 4.69) is 39.6 Å². The van der Waals surface area contributed by atoms with Crippen molar-refractivity contribution < 1.29 is 19.0 Å². The largest absolute Gasteiger partial charge is 0.497 e. The summed E-state index contributed by atoms with van der Waals surface area (Å²) in [4.78, 5) is 13.0. The lowest BCUT2D eigenvalue weighted by Crippen LogP contribution is -2.33. The monoisotopic (exact) mass is 550 g/mol. The Morgan fingerprint density at radius 3 is 2.26 bits per heavy atom. The average molecular weight is 551 g/mol. The van der Waals surface area contributed by atoms with E-state index in [0.29, 0.717) is 40.6 Å². The fourth-order valence-electron chi connectivity index (χ4n) is 3.92. The zero-order chi connectivity index (χ0) is 29.3. The number of nitrogens with two attached hydrogens (primary N) is 1. The molecule has 0 radical (unpaired) electrons. The molecule has 0 saturated carbocycles.